The minimum Gasteiger partial charge on any atom is -0.497 e. The minimum absolute atomic E-state index is 0.213. The van der Waals surface area contributed by atoms with Crippen LogP contribution in [0.1, 0.15) is 10.4 Å². The highest BCUT2D eigenvalue weighted by Gasteiger charge is 2.13. The Kier molecular flexibility index (Phi) is 6.38. The zero-order valence-corrected chi connectivity index (χ0v) is 16.7. The molecule has 0 saturated carbocycles. The molecule has 0 unspecified atom stereocenters. The number of carbonyl (C=O) groups is 1. The number of ether oxygens (including phenoxy) is 3. The van der Waals surface area contributed by atoms with Crippen molar-refractivity contribution in [2.24, 2.45) is 0 Å². The van der Waals surface area contributed by atoms with Crippen molar-refractivity contribution in [2.45, 2.75) is 0 Å². The maximum atomic E-state index is 12.3. The lowest BCUT2D eigenvalue weighted by atomic mass is 10.2. The van der Waals surface area contributed by atoms with Crippen molar-refractivity contribution >= 4 is 28.9 Å². The van der Waals surface area contributed by atoms with Crippen molar-refractivity contribution in [3.05, 3.63) is 54.4 Å². The molecule has 1 heterocycles. The van der Waals surface area contributed by atoms with Crippen LogP contribution in [0.5, 0.6) is 17.2 Å². The summed E-state index contributed by atoms with van der Waals surface area (Å²) in [6.45, 7) is 0. The predicted octanol–water partition coefficient (Wildman–Crippen LogP) is 2.59. The van der Waals surface area contributed by atoms with E-state index in [0.29, 0.717) is 34.3 Å². The van der Waals surface area contributed by atoms with E-state index in [1.165, 1.54) is 6.33 Å². The summed E-state index contributed by atoms with van der Waals surface area (Å²) in [5.74, 6) is 2.08. The van der Waals surface area contributed by atoms with Gasteiger partial charge in [0, 0.05) is 11.6 Å². The van der Waals surface area contributed by atoms with Gasteiger partial charge < -0.3 is 25.3 Å². The van der Waals surface area contributed by atoms with Gasteiger partial charge in [0.2, 0.25) is 0 Å². The average Bonchev–Trinajstić information content (AvgIpc) is 2.79. The number of amides is 1. The number of hydrazine groups is 1. The largest absolute Gasteiger partial charge is 0.497 e. The van der Waals surface area contributed by atoms with Gasteiger partial charge in [-0.25, -0.2) is 9.97 Å². The summed E-state index contributed by atoms with van der Waals surface area (Å²) in [4.78, 5) is 20.5. The molecule has 30 heavy (non-hydrogen) atoms. The van der Waals surface area contributed by atoms with Crippen LogP contribution < -0.4 is 36.1 Å². The van der Waals surface area contributed by atoms with Gasteiger partial charge in [-0.1, -0.05) is 0 Å². The molecular formula is C20H22N6O4. The molecule has 0 saturated heterocycles. The molecule has 5 N–H and O–H groups in total. The lowest BCUT2D eigenvalue weighted by Gasteiger charge is -2.15. The predicted molar refractivity (Wildman–Crippen MR) is 113 cm³/mol. The molecule has 156 valence electrons. The Bertz CT molecular complexity index is 1030. The molecule has 0 aliphatic carbocycles. The monoisotopic (exact) mass is 410 g/mol. The molecule has 2 aromatic carbocycles. The summed E-state index contributed by atoms with van der Waals surface area (Å²) in [7, 11) is 4.68. The molecule has 0 spiro atoms. The van der Waals surface area contributed by atoms with E-state index in [1.807, 2.05) is 0 Å². The summed E-state index contributed by atoms with van der Waals surface area (Å²) < 4.78 is 15.6. The summed E-state index contributed by atoms with van der Waals surface area (Å²) in [5.41, 5.74) is 12.7. The Morgan fingerprint density at radius 3 is 2.23 bits per heavy atom. The van der Waals surface area contributed by atoms with Gasteiger partial charge in [-0.05, 0) is 36.4 Å². The Labute approximate surface area is 173 Å². The number of benzene rings is 2. The highest BCUT2D eigenvalue weighted by atomic mass is 16.5. The fourth-order valence-corrected chi connectivity index (χ4v) is 2.55. The highest BCUT2D eigenvalue weighted by molar-refractivity contribution is 5.95. The number of aromatic nitrogens is 2. The lowest BCUT2D eigenvalue weighted by Crippen LogP contribution is -2.30. The smallest absolute Gasteiger partial charge is 0.269 e. The van der Waals surface area contributed by atoms with Crippen LogP contribution in [-0.4, -0.2) is 37.2 Å². The lowest BCUT2D eigenvalue weighted by molar-refractivity contribution is 0.0962. The second-order valence-corrected chi connectivity index (χ2v) is 5.98. The number of anilines is 4. The standard InChI is InChI=1S/C20H22N6O4/c1-28-13-6-4-12(5-7-13)20(27)26-25-19-17(21)18(22-11-23-19)24-15-9-8-14(29-2)10-16(15)30-3/h4-11H,21H2,1-3H3,(H,26,27)(H2,22,23,24,25). The van der Waals surface area contributed by atoms with E-state index >= 15 is 0 Å². The molecule has 0 aliphatic heterocycles. The Balaban J connectivity index is 1.72. The first kappa shape index (κ1) is 20.5. The molecule has 0 fully saturated rings. The SMILES string of the molecule is COc1ccc(C(=O)NNc2ncnc(Nc3ccc(OC)cc3OC)c2N)cc1. The third kappa shape index (κ3) is 4.61. The summed E-state index contributed by atoms with van der Waals surface area (Å²) in [5, 5.41) is 3.09. The second-order valence-electron chi connectivity index (χ2n) is 5.98. The topological polar surface area (TPSA) is 133 Å². The number of nitrogens with zero attached hydrogens (tertiary/aromatic N) is 2. The van der Waals surface area contributed by atoms with Crippen LogP contribution in [0.2, 0.25) is 0 Å². The number of nitrogens with one attached hydrogen (secondary N) is 3. The normalized spacial score (nSPS) is 10.1. The maximum Gasteiger partial charge on any atom is 0.269 e. The molecule has 10 heteroatoms. The van der Waals surface area contributed by atoms with Gasteiger partial charge in [0.25, 0.3) is 5.91 Å². The molecule has 0 atom stereocenters. The van der Waals surface area contributed by atoms with E-state index in [1.54, 1.807) is 63.8 Å². The van der Waals surface area contributed by atoms with Crippen LogP contribution in [0, 0.1) is 0 Å². The van der Waals surface area contributed by atoms with Crippen LogP contribution in [0.3, 0.4) is 0 Å². The molecule has 1 amide bonds. The second kappa shape index (κ2) is 9.32. The van der Waals surface area contributed by atoms with Crippen molar-refractivity contribution in [3.63, 3.8) is 0 Å². The first-order valence-corrected chi connectivity index (χ1v) is 8.85. The fraction of sp³-hybridized carbons (Fsp3) is 0.150. The molecule has 10 nitrogen and oxygen atoms in total. The van der Waals surface area contributed by atoms with Gasteiger partial charge in [-0.15, -0.1) is 0 Å². The van der Waals surface area contributed by atoms with Gasteiger partial charge in [0.15, 0.2) is 11.6 Å². The van der Waals surface area contributed by atoms with Crippen molar-refractivity contribution in [1.29, 1.82) is 0 Å². The maximum absolute atomic E-state index is 12.3. The van der Waals surface area contributed by atoms with Gasteiger partial charge in [-0.3, -0.25) is 15.6 Å². The molecular weight excluding hydrogens is 388 g/mol. The van der Waals surface area contributed by atoms with E-state index in [0.717, 1.165) is 0 Å². The van der Waals surface area contributed by atoms with Crippen LogP contribution in [0.4, 0.5) is 23.0 Å². The van der Waals surface area contributed by atoms with Crippen LogP contribution in [0.15, 0.2) is 48.8 Å². The van der Waals surface area contributed by atoms with Crippen LogP contribution in [-0.2, 0) is 0 Å². The number of hydrogen-bond acceptors (Lipinski definition) is 9. The van der Waals surface area contributed by atoms with E-state index in [-0.39, 0.29) is 17.4 Å². The van der Waals surface area contributed by atoms with Gasteiger partial charge in [-0.2, -0.15) is 0 Å². The summed E-state index contributed by atoms with van der Waals surface area (Å²) >= 11 is 0. The van der Waals surface area contributed by atoms with E-state index in [9.17, 15) is 4.79 Å². The number of methoxy groups -OCH3 is 3. The molecule has 0 radical (unpaired) electrons. The van der Waals surface area contributed by atoms with Gasteiger partial charge in [0.05, 0.1) is 27.0 Å². The minimum atomic E-state index is -0.359. The Morgan fingerprint density at radius 2 is 1.57 bits per heavy atom. The van der Waals surface area contributed by atoms with E-state index < -0.39 is 0 Å². The molecule has 1 aromatic heterocycles. The fourth-order valence-electron chi connectivity index (χ4n) is 2.55. The van der Waals surface area contributed by atoms with Crippen molar-refractivity contribution < 1.29 is 19.0 Å². The molecule has 0 bridgehead atoms. The first-order chi connectivity index (χ1) is 14.5. The Hall–Kier alpha value is -4.21. The summed E-state index contributed by atoms with van der Waals surface area (Å²) in [6, 6.07) is 11.9. The van der Waals surface area contributed by atoms with Gasteiger partial charge in [0.1, 0.15) is 29.3 Å². The zero-order chi connectivity index (χ0) is 21.5. The van der Waals surface area contributed by atoms with Crippen molar-refractivity contribution in [3.8, 4) is 17.2 Å². The van der Waals surface area contributed by atoms with Crippen LogP contribution in [0.25, 0.3) is 0 Å². The van der Waals surface area contributed by atoms with Crippen LogP contribution >= 0.6 is 0 Å². The molecule has 3 aromatic rings. The molecule has 3 rings (SSSR count). The Morgan fingerprint density at radius 1 is 0.900 bits per heavy atom. The number of nitrogen functional groups attached to an aromatic ring is 1. The van der Waals surface area contributed by atoms with Gasteiger partial charge >= 0.3 is 0 Å². The van der Waals surface area contributed by atoms with E-state index in [4.69, 9.17) is 19.9 Å². The van der Waals surface area contributed by atoms with Crippen molar-refractivity contribution in [1.82, 2.24) is 15.4 Å². The van der Waals surface area contributed by atoms with E-state index in [2.05, 4.69) is 26.1 Å². The third-order valence-electron chi connectivity index (χ3n) is 4.19. The number of carbonyl (C=O) groups excluding carboxylic acids is 1. The third-order valence-corrected chi connectivity index (χ3v) is 4.19. The molecule has 0 aliphatic rings. The quantitative estimate of drug-likeness (QED) is 0.414. The number of nitrogens with two attached hydrogens (primary N) is 1. The highest BCUT2D eigenvalue weighted by Crippen LogP contribution is 2.33. The average molecular weight is 410 g/mol. The first-order valence-electron chi connectivity index (χ1n) is 8.85. The zero-order valence-electron chi connectivity index (χ0n) is 16.7. The number of rotatable bonds is 8. The van der Waals surface area contributed by atoms with Crippen molar-refractivity contribution in [2.75, 3.05) is 37.8 Å². The number of hydrogen-bond donors (Lipinski definition) is 4. The summed E-state index contributed by atoms with van der Waals surface area (Å²) in [6.07, 6.45) is 1.32.